The van der Waals surface area contributed by atoms with E-state index in [1.807, 2.05) is 6.07 Å². The second-order valence-corrected chi connectivity index (χ2v) is 15.9. The molecule has 4 rings (SSSR count). The first-order chi connectivity index (χ1) is 25.2. The van der Waals surface area contributed by atoms with E-state index >= 15 is 0 Å². The van der Waals surface area contributed by atoms with E-state index in [1.54, 1.807) is 6.07 Å². The lowest BCUT2D eigenvalue weighted by molar-refractivity contribution is -0.157. The highest BCUT2D eigenvalue weighted by Gasteiger charge is 2.34. The molecule has 52 heavy (non-hydrogen) atoms. The molecule has 0 spiro atoms. The second kappa shape index (κ2) is 22.1. The zero-order valence-corrected chi connectivity index (χ0v) is 32.2. The summed E-state index contributed by atoms with van der Waals surface area (Å²) in [5, 5.41) is 10.5. The monoisotopic (exact) mass is 722 g/mol. The van der Waals surface area contributed by atoms with Gasteiger partial charge in [-0.1, -0.05) is 77.9 Å². The van der Waals surface area contributed by atoms with Crippen molar-refractivity contribution in [1.29, 1.82) is 0 Å². The molecule has 0 heterocycles. The third kappa shape index (κ3) is 12.8. The molecule has 0 amide bonds. The number of rotatable bonds is 20. The summed E-state index contributed by atoms with van der Waals surface area (Å²) < 4.78 is 17.2. The van der Waals surface area contributed by atoms with Crippen LogP contribution in [0.2, 0.25) is 0 Å². The minimum atomic E-state index is -1.11. The van der Waals surface area contributed by atoms with Crippen molar-refractivity contribution in [2.24, 2.45) is 23.7 Å². The van der Waals surface area contributed by atoms with Gasteiger partial charge < -0.3 is 19.3 Å². The fourth-order valence-corrected chi connectivity index (χ4v) is 8.93. The fraction of sp³-hybridized carbons (Fsp3) is 0.727. The lowest BCUT2D eigenvalue weighted by atomic mass is 9.78. The van der Waals surface area contributed by atoms with Gasteiger partial charge in [0.25, 0.3) is 0 Å². The van der Waals surface area contributed by atoms with Gasteiger partial charge in [-0.2, -0.15) is 0 Å². The number of unbranched alkanes of at least 4 members (excludes halogenated alkanes) is 5. The first kappa shape index (κ1) is 41.6. The van der Waals surface area contributed by atoms with Crippen molar-refractivity contribution in [2.75, 3.05) is 6.61 Å². The van der Waals surface area contributed by atoms with Crippen LogP contribution in [0.1, 0.15) is 183 Å². The fourth-order valence-electron chi connectivity index (χ4n) is 8.93. The first-order valence-corrected chi connectivity index (χ1v) is 20.8. The van der Waals surface area contributed by atoms with Crippen molar-refractivity contribution in [3.63, 3.8) is 0 Å². The quantitative estimate of drug-likeness (QED) is 0.0612. The standard InChI is InChI=1S/C44H66O8/c1-4-7-9-13-31-16-20-34(21-17-31)43(48)51-36-26-24-33(25-27-36)37-28-29-39(41(42(46)47)38(37)15-11-12-30-50-40(45)6-3)52-44(49)35-22-18-32(19-23-35)14-10-8-5-2/h6,28-29,31-36H,3-5,7-27,30H2,1-2H3,(H,46,47). The number of carboxylic acid groups (broad SMARTS) is 1. The Labute approximate surface area is 312 Å². The number of esters is 3. The summed E-state index contributed by atoms with van der Waals surface area (Å²) in [5.74, 6) is -0.570. The van der Waals surface area contributed by atoms with Gasteiger partial charge in [-0.3, -0.25) is 9.59 Å². The molecule has 8 nitrogen and oxygen atoms in total. The average Bonchev–Trinajstić information content (AvgIpc) is 3.15. The number of benzene rings is 1. The molecule has 3 saturated carbocycles. The number of carbonyl (C=O) groups is 4. The highest BCUT2D eigenvalue weighted by atomic mass is 16.5. The summed E-state index contributed by atoms with van der Waals surface area (Å²) in [6.07, 6.45) is 23.3. The Bertz CT molecular complexity index is 1300. The summed E-state index contributed by atoms with van der Waals surface area (Å²) in [6.45, 7) is 8.10. The van der Waals surface area contributed by atoms with Crippen LogP contribution in [0.15, 0.2) is 24.8 Å². The van der Waals surface area contributed by atoms with E-state index in [2.05, 4.69) is 20.4 Å². The van der Waals surface area contributed by atoms with E-state index in [4.69, 9.17) is 14.2 Å². The smallest absolute Gasteiger partial charge is 0.339 e. The van der Waals surface area contributed by atoms with Crippen LogP contribution in [0.25, 0.3) is 0 Å². The number of carbonyl (C=O) groups excluding carboxylic acids is 3. The van der Waals surface area contributed by atoms with Crippen LogP contribution < -0.4 is 4.74 Å². The first-order valence-electron chi connectivity index (χ1n) is 20.8. The predicted octanol–water partition coefficient (Wildman–Crippen LogP) is 10.7. The van der Waals surface area contributed by atoms with Crippen molar-refractivity contribution in [1.82, 2.24) is 0 Å². The van der Waals surface area contributed by atoms with Crippen LogP contribution in [0, 0.1) is 23.7 Å². The van der Waals surface area contributed by atoms with Gasteiger partial charge in [0.15, 0.2) is 0 Å². The van der Waals surface area contributed by atoms with Crippen molar-refractivity contribution >= 4 is 23.9 Å². The molecule has 0 unspecified atom stereocenters. The minimum absolute atomic E-state index is 0.00622. The SMILES string of the molecule is C=CC(=O)OCCCCc1c(C2CCC(OC(=O)C3CCC(CCCCC)CC3)CC2)ccc(OC(=O)C2CCC(CCCCC)CC2)c1C(=O)O. The molecule has 0 saturated heterocycles. The van der Waals surface area contributed by atoms with Gasteiger partial charge in [-0.15, -0.1) is 0 Å². The van der Waals surface area contributed by atoms with Crippen LogP contribution in [0.4, 0.5) is 0 Å². The van der Waals surface area contributed by atoms with E-state index in [0.717, 1.165) is 94.6 Å². The third-order valence-corrected chi connectivity index (χ3v) is 12.2. The predicted molar refractivity (Wildman–Crippen MR) is 203 cm³/mol. The number of hydrogen-bond donors (Lipinski definition) is 1. The Morgan fingerprint density at radius 3 is 1.85 bits per heavy atom. The Morgan fingerprint density at radius 1 is 0.731 bits per heavy atom. The zero-order valence-electron chi connectivity index (χ0n) is 32.2. The molecule has 3 aliphatic carbocycles. The van der Waals surface area contributed by atoms with E-state index in [-0.39, 0.29) is 53.7 Å². The van der Waals surface area contributed by atoms with E-state index in [1.165, 1.54) is 51.4 Å². The maximum absolute atomic E-state index is 13.4. The zero-order chi connectivity index (χ0) is 37.3. The molecule has 3 aliphatic rings. The van der Waals surface area contributed by atoms with Crippen LogP contribution >= 0.6 is 0 Å². The van der Waals surface area contributed by atoms with Crippen LogP contribution in [0.3, 0.4) is 0 Å². The lowest BCUT2D eigenvalue weighted by Crippen LogP contribution is -2.30. The molecule has 1 aromatic carbocycles. The van der Waals surface area contributed by atoms with Gasteiger partial charge in [0.1, 0.15) is 17.4 Å². The minimum Gasteiger partial charge on any atom is -0.478 e. The Hall–Kier alpha value is -3.16. The molecule has 0 aliphatic heterocycles. The van der Waals surface area contributed by atoms with Gasteiger partial charge in [0.2, 0.25) is 0 Å². The molecular weight excluding hydrogens is 656 g/mol. The van der Waals surface area contributed by atoms with Crippen molar-refractivity contribution < 1.29 is 38.5 Å². The molecule has 0 radical (unpaired) electrons. The van der Waals surface area contributed by atoms with Gasteiger partial charge in [0, 0.05) is 6.08 Å². The molecule has 3 fully saturated rings. The Kier molecular flexibility index (Phi) is 17.7. The van der Waals surface area contributed by atoms with E-state index < -0.39 is 11.9 Å². The van der Waals surface area contributed by atoms with Crippen LogP contribution in [-0.4, -0.2) is 41.7 Å². The number of aromatic carboxylic acids is 1. The normalized spacial score (nSPS) is 24.8. The summed E-state index contributed by atoms with van der Waals surface area (Å²) in [5.41, 5.74) is 1.70. The molecule has 1 N–H and O–H groups in total. The topological polar surface area (TPSA) is 116 Å². The third-order valence-electron chi connectivity index (χ3n) is 12.2. The average molecular weight is 723 g/mol. The van der Waals surface area contributed by atoms with Crippen LogP contribution in [-0.2, 0) is 30.3 Å². The molecule has 0 bridgehead atoms. The van der Waals surface area contributed by atoms with Gasteiger partial charge in [0.05, 0.1) is 18.4 Å². The van der Waals surface area contributed by atoms with Crippen molar-refractivity contribution in [2.45, 2.75) is 174 Å². The molecular formula is C44H66O8. The maximum Gasteiger partial charge on any atom is 0.339 e. The summed E-state index contributed by atoms with van der Waals surface area (Å²) >= 11 is 0. The van der Waals surface area contributed by atoms with Gasteiger partial charge in [-0.05, 0) is 131 Å². The largest absolute Gasteiger partial charge is 0.478 e. The van der Waals surface area contributed by atoms with Crippen LogP contribution in [0.5, 0.6) is 5.75 Å². The second-order valence-electron chi connectivity index (χ2n) is 15.9. The Balaban J connectivity index is 1.39. The Morgan fingerprint density at radius 2 is 1.31 bits per heavy atom. The van der Waals surface area contributed by atoms with E-state index in [0.29, 0.717) is 30.7 Å². The maximum atomic E-state index is 13.4. The highest BCUT2D eigenvalue weighted by Crippen LogP contribution is 2.41. The summed E-state index contributed by atoms with van der Waals surface area (Å²) in [6, 6.07) is 3.62. The number of hydrogen-bond acceptors (Lipinski definition) is 7. The summed E-state index contributed by atoms with van der Waals surface area (Å²) in [7, 11) is 0. The molecule has 1 aromatic rings. The molecule has 0 atom stereocenters. The number of carboxylic acids is 1. The molecule has 8 heteroatoms. The van der Waals surface area contributed by atoms with Gasteiger partial charge in [-0.25, -0.2) is 9.59 Å². The lowest BCUT2D eigenvalue weighted by Gasteiger charge is -2.33. The van der Waals surface area contributed by atoms with E-state index in [9.17, 15) is 24.3 Å². The number of ether oxygens (including phenoxy) is 3. The van der Waals surface area contributed by atoms with Crippen molar-refractivity contribution in [3.8, 4) is 5.75 Å². The molecule has 0 aromatic heterocycles. The van der Waals surface area contributed by atoms with Gasteiger partial charge >= 0.3 is 23.9 Å². The molecule has 290 valence electrons. The summed E-state index contributed by atoms with van der Waals surface area (Å²) in [4.78, 5) is 51.0. The highest BCUT2D eigenvalue weighted by molar-refractivity contribution is 5.94. The van der Waals surface area contributed by atoms with Crippen molar-refractivity contribution in [3.05, 3.63) is 41.5 Å².